The number of rotatable bonds is 5. The number of phenols is 1. The first-order chi connectivity index (χ1) is 11.8. The second-order valence-electron chi connectivity index (χ2n) is 5.20. The van der Waals surface area contributed by atoms with Gasteiger partial charge in [0.1, 0.15) is 17.9 Å². The predicted octanol–water partition coefficient (Wildman–Crippen LogP) is 1.75. The first-order valence-electron chi connectivity index (χ1n) is 7.43. The fourth-order valence-electron chi connectivity index (χ4n) is 2.17. The molecule has 8 nitrogen and oxygen atoms in total. The highest BCUT2D eigenvalue weighted by Gasteiger charge is 2.25. The van der Waals surface area contributed by atoms with Crippen LogP contribution in [0.3, 0.4) is 0 Å². The maximum atomic E-state index is 12.2. The number of hydrogen-bond acceptors (Lipinski definition) is 6. The number of hydrogen-bond donors (Lipinski definition) is 3. The molecule has 0 aromatic heterocycles. The summed E-state index contributed by atoms with van der Waals surface area (Å²) in [5.74, 6) is -1.64. The summed E-state index contributed by atoms with van der Waals surface area (Å²) in [6.07, 6.45) is 0. The first-order valence-corrected chi connectivity index (χ1v) is 8.23. The normalized spacial score (nSPS) is 13.8. The zero-order chi connectivity index (χ0) is 18.6. The lowest BCUT2D eigenvalue weighted by Crippen LogP contribution is -2.45. The van der Waals surface area contributed by atoms with Gasteiger partial charge in [-0.2, -0.15) is 0 Å². The van der Waals surface area contributed by atoms with Gasteiger partial charge < -0.3 is 25.2 Å². The van der Waals surface area contributed by atoms with E-state index in [1.165, 1.54) is 6.07 Å². The van der Waals surface area contributed by atoms with E-state index in [1.807, 2.05) is 0 Å². The smallest absolute Gasteiger partial charge is 0.342 e. The van der Waals surface area contributed by atoms with Gasteiger partial charge in [0.15, 0.2) is 0 Å². The van der Waals surface area contributed by atoms with Crippen molar-refractivity contribution in [3.63, 3.8) is 0 Å². The SMILES string of the molecule is CCOC(=O)C1=C(COC(=O)c2cc(C)cc(Br)c2O)NC(=O)NC1. The van der Waals surface area contributed by atoms with Crippen LogP contribution in [-0.4, -0.2) is 42.8 Å². The third-order valence-corrected chi connectivity index (χ3v) is 3.96. The number of carbonyl (C=O) groups excluding carboxylic acids is 3. The molecule has 2 rings (SSSR count). The molecule has 0 aliphatic carbocycles. The van der Waals surface area contributed by atoms with E-state index in [0.29, 0.717) is 4.47 Å². The lowest BCUT2D eigenvalue weighted by Gasteiger charge is -2.21. The number of urea groups is 1. The monoisotopic (exact) mass is 412 g/mol. The molecule has 0 fully saturated rings. The molecule has 1 aromatic carbocycles. The zero-order valence-corrected chi connectivity index (χ0v) is 15.2. The van der Waals surface area contributed by atoms with Gasteiger partial charge in [-0.3, -0.25) is 0 Å². The van der Waals surface area contributed by atoms with Crippen LogP contribution in [0, 0.1) is 6.92 Å². The van der Waals surface area contributed by atoms with Crippen molar-refractivity contribution in [2.75, 3.05) is 19.8 Å². The first kappa shape index (κ1) is 18.8. The summed E-state index contributed by atoms with van der Waals surface area (Å²) in [4.78, 5) is 35.6. The van der Waals surface area contributed by atoms with Crippen molar-refractivity contribution in [3.05, 3.63) is 39.0 Å². The largest absolute Gasteiger partial charge is 0.506 e. The fraction of sp³-hybridized carbons (Fsp3) is 0.312. The second-order valence-corrected chi connectivity index (χ2v) is 6.06. The van der Waals surface area contributed by atoms with Crippen molar-refractivity contribution in [1.82, 2.24) is 10.6 Å². The quantitative estimate of drug-likeness (QED) is 0.634. The van der Waals surface area contributed by atoms with Crippen molar-refractivity contribution in [3.8, 4) is 5.75 Å². The summed E-state index contributed by atoms with van der Waals surface area (Å²) in [6, 6.07) is 2.62. The minimum absolute atomic E-state index is 0.0228. The molecule has 2 amide bonds. The Balaban J connectivity index is 2.18. The van der Waals surface area contributed by atoms with Crippen molar-refractivity contribution < 1.29 is 29.0 Å². The van der Waals surface area contributed by atoms with Crippen molar-refractivity contribution >= 4 is 33.9 Å². The number of esters is 2. The lowest BCUT2D eigenvalue weighted by atomic mass is 10.1. The van der Waals surface area contributed by atoms with Gasteiger partial charge in [-0.15, -0.1) is 0 Å². The van der Waals surface area contributed by atoms with E-state index in [0.717, 1.165) is 5.56 Å². The van der Waals surface area contributed by atoms with Crippen molar-refractivity contribution in [2.45, 2.75) is 13.8 Å². The molecule has 0 saturated heterocycles. The number of nitrogens with one attached hydrogen (secondary N) is 2. The lowest BCUT2D eigenvalue weighted by molar-refractivity contribution is -0.138. The molecule has 134 valence electrons. The summed E-state index contributed by atoms with van der Waals surface area (Å²) in [5.41, 5.74) is 1.04. The standard InChI is InChI=1S/C16H17BrN2O6/c1-3-24-15(22)10-6-18-16(23)19-12(10)7-25-14(21)9-4-8(2)5-11(17)13(9)20/h4-5,20H,3,6-7H2,1-2H3,(H2,18,19,23). The van der Waals surface area contributed by atoms with E-state index >= 15 is 0 Å². The van der Waals surface area contributed by atoms with Crippen LogP contribution >= 0.6 is 15.9 Å². The third-order valence-electron chi connectivity index (χ3n) is 3.35. The summed E-state index contributed by atoms with van der Waals surface area (Å²) in [6.45, 7) is 3.22. The number of carbonyl (C=O) groups is 3. The molecule has 25 heavy (non-hydrogen) atoms. The molecule has 3 N–H and O–H groups in total. The average molecular weight is 413 g/mol. The molecular formula is C16H17BrN2O6. The van der Waals surface area contributed by atoms with Gasteiger partial charge >= 0.3 is 18.0 Å². The Kier molecular flexibility index (Phi) is 6.02. The summed E-state index contributed by atoms with van der Waals surface area (Å²) in [7, 11) is 0. The van der Waals surface area contributed by atoms with Crippen LogP contribution in [0.25, 0.3) is 0 Å². The van der Waals surface area contributed by atoms with Gasteiger partial charge in [0.25, 0.3) is 0 Å². The number of amides is 2. The van der Waals surface area contributed by atoms with E-state index in [2.05, 4.69) is 26.6 Å². The van der Waals surface area contributed by atoms with Crippen LogP contribution in [0.2, 0.25) is 0 Å². The molecule has 0 radical (unpaired) electrons. The average Bonchev–Trinajstić information content (AvgIpc) is 2.56. The topological polar surface area (TPSA) is 114 Å². The predicted molar refractivity (Wildman–Crippen MR) is 91.0 cm³/mol. The van der Waals surface area contributed by atoms with E-state index in [1.54, 1.807) is 19.9 Å². The van der Waals surface area contributed by atoms with Gasteiger partial charge in [0, 0.05) is 0 Å². The van der Waals surface area contributed by atoms with Crippen LogP contribution in [0.1, 0.15) is 22.8 Å². The Labute approximate surface area is 152 Å². The fourth-order valence-corrected chi connectivity index (χ4v) is 2.75. The number of ether oxygens (including phenoxy) is 2. The minimum atomic E-state index is -0.787. The van der Waals surface area contributed by atoms with Gasteiger partial charge in [0.05, 0.1) is 28.9 Å². The molecule has 9 heteroatoms. The number of aromatic hydroxyl groups is 1. The Bertz CT molecular complexity index is 759. The maximum Gasteiger partial charge on any atom is 0.342 e. The van der Waals surface area contributed by atoms with Crippen LogP contribution < -0.4 is 10.6 Å². The highest BCUT2D eigenvalue weighted by molar-refractivity contribution is 9.10. The van der Waals surface area contributed by atoms with E-state index in [-0.39, 0.29) is 42.3 Å². The van der Waals surface area contributed by atoms with Gasteiger partial charge in [0.2, 0.25) is 0 Å². The molecule has 0 saturated carbocycles. The van der Waals surface area contributed by atoms with Crippen LogP contribution in [0.5, 0.6) is 5.75 Å². The number of aryl methyl sites for hydroxylation is 1. The Hall–Kier alpha value is -2.55. The molecule has 0 atom stereocenters. The minimum Gasteiger partial charge on any atom is -0.506 e. The summed E-state index contributed by atoms with van der Waals surface area (Å²) < 4.78 is 10.4. The molecule has 0 spiro atoms. The summed E-state index contributed by atoms with van der Waals surface area (Å²) in [5, 5.41) is 14.8. The van der Waals surface area contributed by atoms with Crippen LogP contribution in [-0.2, 0) is 14.3 Å². The van der Waals surface area contributed by atoms with E-state index < -0.39 is 18.0 Å². The van der Waals surface area contributed by atoms with E-state index in [9.17, 15) is 19.5 Å². The van der Waals surface area contributed by atoms with Gasteiger partial charge in [-0.05, 0) is 47.5 Å². The molecule has 1 heterocycles. The molecule has 0 unspecified atom stereocenters. The summed E-state index contributed by atoms with van der Waals surface area (Å²) >= 11 is 3.15. The molecule has 1 aliphatic heterocycles. The van der Waals surface area contributed by atoms with E-state index in [4.69, 9.17) is 9.47 Å². The van der Waals surface area contributed by atoms with Crippen molar-refractivity contribution in [1.29, 1.82) is 0 Å². The number of benzene rings is 1. The van der Waals surface area contributed by atoms with Crippen LogP contribution in [0.15, 0.2) is 27.9 Å². The number of phenolic OH excluding ortho intramolecular Hbond substituents is 1. The Morgan fingerprint density at radius 1 is 1.28 bits per heavy atom. The van der Waals surface area contributed by atoms with Gasteiger partial charge in [-0.1, -0.05) is 0 Å². The molecular weight excluding hydrogens is 396 g/mol. The van der Waals surface area contributed by atoms with Crippen LogP contribution in [0.4, 0.5) is 4.79 Å². The molecule has 1 aliphatic rings. The second kappa shape index (κ2) is 8.02. The highest BCUT2D eigenvalue weighted by Crippen LogP contribution is 2.29. The van der Waals surface area contributed by atoms with Gasteiger partial charge in [-0.25, -0.2) is 14.4 Å². The van der Waals surface area contributed by atoms with Crippen molar-refractivity contribution in [2.24, 2.45) is 0 Å². The Morgan fingerprint density at radius 3 is 2.68 bits per heavy atom. The highest BCUT2D eigenvalue weighted by atomic mass is 79.9. The maximum absolute atomic E-state index is 12.2. The number of halogens is 1. The molecule has 0 bridgehead atoms. The third kappa shape index (κ3) is 4.50. The zero-order valence-electron chi connectivity index (χ0n) is 13.6. The molecule has 1 aromatic rings. The Morgan fingerprint density at radius 2 is 2.00 bits per heavy atom.